The molecule has 0 fully saturated rings. The highest BCUT2D eigenvalue weighted by molar-refractivity contribution is 6.38. The van der Waals surface area contributed by atoms with E-state index in [1.54, 1.807) is 49.2 Å². The van der Waals surface area contributed by atoms with Gasteiger partial charge in [0.1, 0.15) is 0 Å². The number of hydrogen-bond acceptors (Lipinski definition) is 6. The minimum absolute atomic E-state index is 0.0916. The summed E-state index contributed by atoms with van der Waals surface area (Å²) in [6.45, 7) is 2.25. The Labute approximate surface area is 226 Å². The molecule has 0 spiro atoms. The van der Waals surface area contributed by atoms with Gasteiger partial charge in [0, 0.05) is 18.3 Å². The number of halogens is 1. The summed E-state index contributed by atoms with van der Waals surface area (Å²) < 4.78 is 5.09. The number of ether oxygens (including phenoxy) is 1. The first-order valence-electron chi connectivity index (χ1n) is 12.1. The van der Waals surface area contributed by atoms with Gasteiger partial charge in [-0.3, -0.25) is 9.59 Å². The summed E-state index contributed by atoms with van der Waals surface area (Å²) in [6.07, 6.45) is 0. The van der Waals surface area contributed by atoms with Crippen molar-refractivity contribution in [2.24, 2.45) is 0 Å². The lowest BCUT2D eigenvalue weighted by Crippen LogP contribution is -2.35. The van der Waals surface area contributed by atoms with Crippen molar-refractivity contribution < 1.29 is 19.1 Å². The summed E-state index contributed by atoms with van der Waals surface area (Å²) in [5.41, 5.74) is 4.56. The van der Waals surface area contributed by atoms with Gasteiger partial charge in [0.2, 0.25) is 5.91 Å². The van der Waals surface area contributed by atoms with Gasteiger partial charge in [0.05, 0.1) is 46.4 Å². The molecule has 0 saturated heterocycles. The molecule has 0 aliphatic carbocycles. The van der Waals surface area contributed by atoms with Crippen LogP contribution in [-0.2, 0) is 14.3 Å². The second-order valence-corrected chi connectivity index (χ2v) is 9.44. The monoisotopic (exact) mass is 532 g/mol. The number of esters is 1. The van der Waals surface area contributed by atoms with E-state index in [0.29, 0.717) is 44.5 Å². The van der Waals surface area contributed by atoms with E-state index in [9.17, 15) is 14.4 Å². The van der Waals surface area contributed by atoms with Crippen LogP contribution in [0.1, 0.15) is 28.4 Å². The van der Waals surface area contributed by atoms with Gasteiger partial charge in [-0.05, 0) is 56.9 Å². The van der Waals surface area contributed by atoms with Gasteiger partial charge >= 0.3 is 5.97 Å². The Hall–Kier alpha value is -4.14. The summed E-state index contributed by atoms with van der Waals surface area (Å²) in [5, 5.41) is 6.62. The van der Waals surface area contributed by atoms with Crippen molar-refractivity contribution in [2.75, 3.05) is 49.8 Å². The molecule has 0 aromatic heterocycles. The summed E-state index contributed by atoms with van der Waals surface area (Å²) in [6, 6.07) is 19.8. The smallest absolute Gasteiger partial charge is 0.338 e. The molecule has 38 heavy (non-hydrogen) atoms. The predicted molar refractivity (Wildman–Crippen MR) is 151 cm³/mol. The number of nitrogens with zero attached hydrogens (tertiary/aromatic N) is 2. The van der Waals surface area contributed by atoms with E-state index < -0.39 is 5.97 Å². The number of carbonyl (C=O) groups is 3. The third-order valence-corrected chi connectivity index (χ3v) is 6.29. The maximum absolute atomic E-state index is 13.2. The second kappa shape index (κ2) is 11.5. The van der Waals surface area contributed by atoms with Gasteiger partial charge < -0.3 is 25.2 Å². The maximum atomic E-state index is 13.2. The molecule has 0 atom stereocenters. The average Bonchev–Trinajstić information content (AvgIpc) is 3.21. The van der Waals surface area contributed by atoms with Crippen LogP contribution in [0.2, 0.25) is 5.02 Å². The Balaban J connectivity index is 1.74. The average molecular weight is 533 g/mol. The number of amides is 2. The van der Waals surface area contributed by atoms with Crippen molar-refractivity contribution in [3.05, 3.63) is 88.4 Å². The molecule has 196 valence electrons. The normalized spacial score (nSPS) is 13.6. The van der Waals surface area contributed by atoms with Crippen molar-refractivity contribution in [3.8, 4) is 0 Å². The molecule has 8 nitrogen and oxygen atoms in total. The molecule has 1 aliphatic heterocycles. The highest BCUT2D eigenvalue weighted by Gasteiger charge is 2.29. The number of nitrogens with one attached hydrogen (secondary N) is 2. The molecular formula is C29H29ClN4O4. The van der Waals surface area contributed by atoms with Gasteiger partial charge in [0.25, 0.3) is 5.91 Å². The quantitative estimate of drug-likeness (QED) is 0.314. The minimum Gasteiger partial charge on any atom is -0.462 e. The molecule has 0 unspecified atom stereocenters. The molecule has 3 aromatic rings. The number of rotatable bonds is 8. The third-order valence-electron chi connectivity index (χ3n) is 5.99. The van der Waals surface area contributed by atoms with Gasteiger partial charge in [-0.2, -0.15) is 0 Å². The molecule has 1 aliphatic rings. The number of benzene rings is 3. The van der Waals surface area contributed by atoms with Crippen molar-refractivity contribution in [2.45, 2.75) is 6.92 Å². The minimum atomic E-state index is -0.452. The fourth-order valence-electron chi connectivity index (χ4n) is 4.16. The summed E-state index contributed by atoms with van der Waals surface area (Å²) in [4.78, 5) is 41.2. The van der Waals surface area contributed by atoms with E-state index in [1.165, 1.54) is 4.90 Å². The van der Waals surface area contributed by atoms with E-state index in [4.69, 9.17) is 16.3 Å². The molecule has 2 N–H and O–H groups in total. The Kier molecular flexibility index (Phi) is 8.14. The van der Waals surface area contributed by atoms with Crippen LogP contribution in [0.15, 0.2) is 66.7 Å². The Morgan fingerprint density at radius 1 is 0.974 bits per heavy atom. The first-order valence-corrected chi connectivity index (χ1v) is 12.5. The van der Waals surface area contributed by atoms with Gasteiger partial charge in [0.15, 0.2) is 0 Å². The van der Waals surface area contributed by atoms with E-state index >= 15 is 0 Å². The lowest BCUT2D eigenvalue weighted by molar-refractivity contribution is -0.119. The van der Waals surface area contributed by atoms with Crippen LogP contribution in [0.5, 0.6) is 0 Å². The first kappa shape index (κ1) is 26.9. The van der Waals surface area contributed by atoms with Crippen LogP contribution in [-0.4, -0.2) is 57.0 Å². The Morgan fingerprint density at radius 2 is 1.71 bits per heavy atom. The standard InChI is InChI=1S/C29H29ClN4O4/c1-5-38-29(37)19-11-13-21-23(15-19)32-28(36)26(21)27(18-9-7-6-8-10-18)31-20-12-14-24(22(30)16-20)34(4)25(35)17-33(2)3/h6-16,31H,5,17H2,1-4H3,(H,32,36). The van der Waals surface area contributed by atoms with Gasteiger partial charge in [-0.25, -0.2) is 4.79 Å². The van der Waals surface area contributed by atoms with Crippen molar-refractivity contribution >= 4 is 57.7 Å². The van der Waals surface area contributed by atoms with Gasteiger partial charge in [-0.1, -0.05) is 48.0 Å². The zero-order chi connectivity index (χ0) is 27.4. The molecular weight excluding hydrogens is 504 g/mol. The van der Waals surface area contributed by atoms with E-state index in [2.05, 4.69) is 10.6 Å². The van der Waals surface area contributed by atoms with Crippen molar-refractivity contribution in [1.29, 1.82) is 0 Å². The topological polar surface area (TPSA) is 91.0 Å². The second-order valence-electron chi connectivity index (χ2n) is 9.03. The molecule has 0 bridgehead atoms. The highest BCUT2D eigenvalue weighted by Crippen LogP contribution is 2.39. The van der Waals surface area contributed by atoms with Crippen molar-refractivity contribution in [1.82, 2.24) is 4.90 Å². The number of likely N-dealkylation sites (N-methyl/N-ethyl adjacent to an activating group) is 2. The van der Waals surface area contributed by atoms with Crippen LogP contribution < -0.4 is 15.5 Å². The lowest BCUT2D eigenvalue weighted by Gasteiger charge is -2.22. The summed E-state index contributed by atoms with van der Waals surface area (Å²) in [7, 11) is 5.34. The van der Waals surface area contributed by atoms with Crippen LogP contribution in [0.4, 0.5) is 17.1 Å². The van der Waals surface area contributed by atoms with E-state index in [-0.39, 0.29) is 25.0 Å². The number of carbonyl (C=O) groups excluding carboxylic acids is 3. The maximum Gasteiger partial charge on any atom is 0.338 e. The van der Waals surface area contributed by atoms with Crippen LogP contribution >= 0.6 is 11.6 Å². The largest absolute Gasteiger partial charge is 0.462 e. The fourth-order valence-corrected chi connectivity index (χ4v) is 4.47. The Bertz CT molecular complexity index is 1420. The molecule has 3 aromatic carbocycles. The van der Waals surface area contributed by atoms with Crippen molar-refractivity contribution in [3.63, 3.8) is 0 Å². The Morgan fingerprint density at radius 3 is 2.37 bits per heavy atom. The number of anilines is 3. The molecule has 4 rings (SSSR count). The van der Waals surface area contributed by atoms with Crippen LogP contribution in [0, 0.1) is 0 Å². The summed E-state index contributed by atoms with van der Waals surface area (Å²) in [5.74, 6) is -0.845. The summed E-state index contributed by atoms with van der Waals surface area (Å²) >= 11 is 6.59. The molecule has 0 saturated carbocycles. The SMILES string of the molecule is CCOC(=O)c1ccc2c(c1)NC(=O)C2=C(Nc1ccc(N(C)C(=O)CN(C)C)c(Cl)c1)c1ccccc1. The fraction of sp³-hybridized carbons (Fsp3) is 0.207. The molecule has 9 heteroatoms. The zero-order valence-electron chi connectivity index (χ0n) is 21.7. The van der Waals surface area contributed by atoms with Crippen LogP contribution in [0.3, 0.4) is 0 Å². The highest BCUT2D eigenvalue weighted by atomic mass is 35.5. The third kappa shape index (κ3) is 5.72. The van der Waals surface area contributed by atoms with E-state index in [0.717, 1.165) is 5.56 Å². The zero-order valence-corrected chi connectivity index (χ0v) is 22.4. The molecule has 0 radical (unpaired) electrons. The predicted octanol–water partition coefficient (Wildman–Crippen LogP) is 4.97. The molecule has 1 heterocycles. The first-order chi connectivity index (χ1) is 18.2. The van der Waals surface area contributed by atoms with Crippen LogP contribution in [0.25, 0.3) is 11.3 Å². The molecule has 2 amide bonds. The number of hydrogen-bond donors (Lipinski definition) is 2. The number of fused-ring (bicyclic) bond motifs is 1. The lowest BCUT2D eigenvalue weighted by atomic mass is 9.99. The van der Waals surface area contributed by atoms with E-state index in [1.807, 2.05) is 50.5 Å². The van der Waals surface area contributed by atoms with Gasteiger partial charge in [-0.15, -0.1) is 0 Å².